The van der Waals surface area contributed by atoms with Crippen LogP contribution in [0.3, 0.4) is 0 Å². The molecule has 1 aromatic rings. The Labute approximate surface area is 134 Å². The number of likely N-dealkylation sites (N-methyl/N-ethyl adjacent to an activating group) is 1. The van der Waals surface area contributed by atoms with Crippen LogP contribution in [-0.4, -0.2) is 55.1 Å². The van der Waals surface area contributed by atoms with Crippen molar-refractivity contribution < 1.29 is 14.6 Å². The minimum absolute atomic E-state index is 0.116. The van der Waals surface area contributed by atoms with Gasteiger partial charge in [0.15, 0.2) is 0 Å². The molecule has 21 heavy (non-hydrogen) atoms. The molecule has 3 rings (SSSR count). The van der Waals surface area contributed by atoms with Crippen LogP contribution >= 0.6 is 15.9 Å². The number of hydrogen-bond donors (Lipinski definition) is 1. The van der Waals surface area contributed by atoms with Gasteiger partial charge in [-0.1, -0.05) is 22.9 Å². The monoisotopic (exact) mass is 355 g/mol. The molecule has 1 fully saturated rings. The number of hydrogen-bond acceptors (Lipinski definition) is 4. The lowest BCUT2D eigenvalue weighted by Crippen LogP contribution is -2.48. The van der Waals surface area contributed by atoms with Gasteiger partial charge in [-0.2, -0.15) is 0 Å². The summed E-state index contributed by atoms with van der Waals surface area (Å²) in [6.07, 6.45) is 0.905. The molecule has 2 atom stereocenters. The molecule has 1 aromatic carbocycles. The van der Waals surface area contributed by atoms with E-state index in [1.165, 1.54) is 5.56 Å². The van der Waals surface area contributed by atoms with E-state index in [9.17, 15) is 5.11 Å². The van der Waals surface area contributed by atoms with Crippen LogP contribution in [0, 0.1) is 0 Å². The molecular weight excluding hydrogens is 334 g/mol. The largest absolute Gasteiger partial charge is 0.493 e. The number of halogens is 1. The van der Waals surface area contributed by atoms with Crippen molar-refractivity contribution in [1.82, 2.24) is 4.90 Å². The fourth-order valence-electron chi connectivity index (χ4n) is 3.11. The molecule has 5 heteroatoms. The summed E-state index contributed by atoms with van der Waals surface area (Å²) in [6.45, 7) is 6.33. The topological polar surface area (TPSA) is 41.9 Å². The van der Waals surface area contributed by atoms with Gasteiger partial charge in [-0.05, 0) is 29.8 Å². The first kappa shape index (κ1) is 15.3. The minimum atomic E-state index is -0.498. The highest BCUT2D eigenvalue weighted by Crippen LogP contribution is 2.34. The summed E-state index contributed by atoms with van der Waals surface area (Å²) in [7, 11) is 0. The molecule has 0 amide bonds. The van der Waals surface area contributed by atoms with Gasteiger partial charge in [0.25, 0.3) is 0 Å². The molecule has 0 aliphatic carbocycles. The van der Waals surface area contributed by atoms with E-state index in [0.717, 1.165) is 48.4 Å². The highest BCUT2D eigenvalue weighted by atomic mass is 79.9. The minimum Gasteiger partial charge on any atom is -0.493 e. The number of nitrogens with zero attached hydrogens (tertiary/aromatic N) is 1. The van der Waals surface area contributed by atoms with Crippen LogP contribution < -0.4 is 4.74 Å². The smallest absolute Gasteiger partial charge is 0.125 e. The maximum atomic E-state index is 10.5. The summed E-state index contributed by atoms with van der Waals surface area (Å²) < 4.78 is 12.5. The number of aliphatic hydroxyl groups is 1. The third-order valence-corrected chi connectivity index (χ3v) is 4.77. The molecule has 0 spiro atoms. The Kier molecular flexibility index (Phi) is 4.84. The first-order valence-corrected chi connectivity index (χ1v) is 8.42. The average molecular weight is 356 g/mol. The molecule has 0 saturated carbocycles. The van der Waals surface area contributed by atoms with Crippen LogP contribution in [0.4, 0.5) is 0 Å². The van der Waals surface area contributed by atoms with Gasteiger partial charge in [0, 0.05) is 30.4 Å². The SMILES string of the molecule is CCN1CCOC(C(O)Cc2cc(Br)cc3c2OCC3)C1. The van der Waals surface area contributed by atoms with Crippen molar-refractivity contribution in [3.63, 3.8) is 0 Å². The van der Waals surface area contributed by atoms with E-state index in [4.69, 9.17) is 9.47 Å². The van der Waals surface area contributed by atoms with E-state index in [0.29, 0.717) is 13.0 Å². The Bertz CT molecular complexity index is 509. The molecule has 0 aromatic heterocycles. The Morgan fingerprint density at radius 1 is 1.43 bits per heavy atom. The van der Waals surface area contributed by atoms with Crippen molar-refractivity contribution in [3.8, 4) is 5.75 Å². The highest BCUT2D eigenvalue weighted by Gasteiger charge is 2.28. The summed E-state index contributed by atoms with van der Waals surface area (Å²) >= 11 is 3.55. The molecule has 2 aliphatic rings. The van der Waals surface area contributed by atoms with Crippen LogP contribution in [-0.2, 0) is 17.6 Å². The normalized spacial score (nSPS) is 23.7. The first-order chi connectivity index (χ1) is 10.2. The number of ether oxygens (including phenoxy) is 2. The van der Waals surface area contributed by atoms with Gasteiger partial charge >= 0.3 is 0 Å². The fraction of sp³-hybridized carbons (Fsp3) is 0.625. The molecule has 1 N–H and O–H groups in total. The van der Waals surface area contributed by atoms with E-state index in [2.05, 4.69) is 33.8 Å². The van der Waals surface area contributed by atoms with Gasteiger partial charge in [-0.15, -0.1) is 0 Å². The number of benzene rings is 1. The van der Waals surface area contributed by atoms with Gasteiger partial charge in [0.2, 0.25) is 0 Å². The molecule has 2 heterocycles. The zero-order valence-electron chi connectivity index (χ0n) is 12.3. The van der Waals surface area contributed by atoms with Crippen molar-refractivity contribution in [2.45, 2.75) is 32.0 Å². The van der Waals surface area contributed by atoms with Crippen LogP contribution in [0.25, 0.3) is 0 Å². The molecule has 2 unspecified atom stereocenters. The second-order valence-electron chi connectivity index (χ2n) is 5.73. The van der Waals surface area contributed by atoms with Gasteiger partial charge in [-0.25, -0.2) is 0 Å². The summed E-state index contributed by atoms with van der Waals surface area (Å²) in [5.74, 6) is 0.959. The molecule has 0 bridgehead atoms. The maximum Gasteiger partial charge on any atom is 0.125 e. The van der Waals surface area contributed by atoms with E-state index >= 15 is 0 Å². The third-order valence-electron chi connectivity index (χ3n) is 4.31. The first-order valence-electron chi connectivity index (χ1n) is 7.63. The predicted molar refractivity (Wildman–Crippen MR) is 84.9 cm³/mol. The number of morpholine rings is 1. The van der Waals surface area contributed by atoms with Crippen LogP contribution in [0.2, 0.25) is 0 Å². The van der Waals surface area contributed by atoms with Crippen LogP contribution in [0.15, 0.2) is 16.6 Å². The fourth-order valence-corrected chi connectivity index (χ4v) is 3.66. The highest BCUT2D eigenvalue weighted by molar-refractivity contribution is 9.10. The second kappa shape index (κ2) is 6.65. The van der Waals surface area contributed by atoms with Crippen LogP contribution in [0.1, 0.15) is 18.1 Å². The number of rotatable bonds is 4. The van der Waals surface area contributed by atoms with Crippen molar-refractivity contribution in [2.75, 3.05) is 32.8 Å². The Morgan fingerprint density at radius 2 is 2.29 bits per heavy atom. The summed E-state index contributed by atoms with van der Waals surface area (Å²) in [4.78, 5) is 2.32. The lowest BCUT2D eigenvalue weighted by Gasteiger charge is -2.34. The molecule has 116 valence electrons. The molecule has 4 nitrogen and oxygen atoms in total. The molecule has 0 radical (unpaired) electrons. The van der Waals surface area contributed by atoms with E-state index in [-0.39, 0.29) is 6.10 Å². The molecule has 2 aliphatic heterocycles. The van der Waals surface area contributed by atoms with Crippen molar-refractivity contribution in [3.05, 3.63) is 27.7 Å². The van der Waals surface area contributed by atoms with E-state index in [1.807, 2.05) is 6.07 Å². The zero-order valence-corrected chi connectivity index (χ0v) is 13.9. The number of fused-ring (bicyclic) bond motifs is 1. The lowest BCUT2D eigenvalue weighted by atomic mass is 9.99. The van der Waals surface area contributed by atoms with Crippen molar-refractivity contribution in [2.24, 2.45) is 0 Å². The molecule has 1 saturated heterocycles. The van der Waals surface area contributed by atoms with Gasteiger partial charge < -0.3 is 14.6 Å². The maximum absolute atomic E-state index is 10.5. The summed E-state index contributed by atoms with van der Waals surface area (Å²) in [6, 6.07) is 4.15. The van der Waals surface area contributed by atoms with Crippen LogP contribution in [0.5, 0.6) is 5.75 Å². The van der Waals surface area contributed by atoms with Crippen molar-refractivity contribution in [1.29, 1.82) is 0 Å². The Balaban J connectivity index is 1.71. The number of aliphatic hydroxyl groups excluding tert-OH is 1. The second-order valence-corrected chi connectivity index (χ2v) is 6.64. The molecular formula is C16H22BrNO3. The summed E-state index contributed by atoms with van der Waals surface area (Å²) in [5, 5.41) is 10.5. The average Bonchev–Trinajstić information content (AvgIpc) is 2.95. The predicted octanol–water partition coefficient (Wildman–Crippen LogP) is 2.01. The standard InChI is InChI=1S/C16H22BrNO3/c1-2-18-4-6-20-15(10-18)14(19)9-12-8-13(17)7-11-3-5-21-16(11)12/h7-8,14-15,19H,2-6,9-10H2,1H3. The van der Waals surface area contributed by atoms with Crippen molar-refractivity contribution >= 4 is 15.9 Å². The van der Waals surface area contributed by atoms with E-state index < -0.39 is 6.10 Å². The Hall–Kier alpha value is -0.620. The quantitative estimate of drug-likeness (QED) is 0.896. The Morgan fingerprint density at radius 3 is 3.10 bits per heavy atom. The summed E-state index contributed by atoms with van der Waals surface area (Å²) in [5.41, 5.74) is 2.30. The third kappa shape index (κ3) is 3.42. The lowest BCUT2D eigenvalue weighted by molar-refractivity contribution is -0.0868. The van der Waals surface area contributed by atoms with Gasteiger partial charge in [0.1, 0.15) is 5.75 Å². The van der Waals surface area contributed by atoms with Gasteiger partial charge in [0.05, 0.1) is 25.4 Å². The van der Waals surface area contributed by atoms with Gasteiger partial charge in [-0.3, -0.25) is 4.90 Å². The van der Waals surface area contributed by atoms with E-state index in [1.54, 1.807) is 0 Å². The zero-order chi connectivity index (χ0) is 14.8.